The van der Waals surface area contributed by atoms with Gasteiger partial charge in [0, 0.05) is 30.9 Å². The van der Waals surface area contributed by atoms with Gasteiger partial charge in [-0.3, -0.25) is 4.79 Å². The molecule has 1 heterocycles. The van der Waals surface area contributed by atoms with Crippen LogP contribution in [0.15, 0.2) is 79.0 Å². The predicted molar refractivity (Wildman–Crippen MR) is 97.6 cm³/mol. The minimum absolute atomic E-state index is 0.0159. The van der Waals surface area contributed by atoms with Crippen LogP contribution >= 0.6 is 0 Å². The van der Waals surface area contributed by atoms with Crippen molar-refractivity contribution in [3.05, 3.63) is 90.1 Å². The lowest BCUT2D eigenvalue weighted by Gasteiger charge is -2.21. The maximum atomic E-state index is 12.8. The molecule has 3 aromatic rings. The summed E-state index contributed by atoms with van der Waals surface area (Å²) in [7, 11) is 0. The van der Waals surface area contributed by atoms with E-state index in [4.69, 9.17) is 4.74 Å². The molecule has 0 aliphatic carbocycles. The maximum absolute atomic E-state index is 12.8. The Kier molecular flexibility index (Phi) is 5.42. The lowest BCUT2D eigenvalue weighted by atomic mass is 10.1. The third-order valence-electron chi connectivity index (χ3n) is 3.83. The molecule has 4 nitrogen and oxygen atoms in total. The van der Waals surface area contributed by atoms with Crippen molar-refractivity contribution < 1.29 is 9.53 Å². The van der Waals surface area contributed by atoms with Crippen LogP contribution in [0.3, 0.4) is 0 Å². The molecule has 0 aliphatic rings. The van der Waals surface area contributed by atoms with E-state index in [0.29, 0.717) is 30.3 Å². The molecule has 1 amide bonds. The van der Waals surface area contributed by atoms with E-state index in [1.165, 1.54) is 0 Å². The fourth-order valence-electron chi connectivity index (χ4n) is 2.53. The van der Waals surface area contributed by atoms with Gasteiger partial charge in [0.05, 0.1) is 0 Å². The highest BCUT2D eigenvalue weighted by atomic mass is 16.5. The van der Waals surface area contributed by atoms with Gasteiger partial charge in [-0.25, -0.2) is 4.98 Å². The first kappa shape index (κ1) is 16.7. The third-order valence-corrected chi connectivity index (χ3v) is 3.83. The summed E-state index contributed by atoms with van der Waals surface area (Å²) in [4.78, 5) is 18.8. The molecule has 0 saturated heterocycles. The van der Waals surface area contributed by atoms with E-state index in [-0.39, 0.29) is 5.91 Å². The summed E-state index contributed by atoms with van der Waals surface area (Å²) < 4.78 is 5.72. The van der Waals surface area contributed by atoms with E-state index in [0.717, 1.165) is 5.56 Å². The smallest absolute Gasteiger partial charge is 0.254 e. The van der Waals surface area contributed by atoms with Crippen molar-refractivity contribution >= 4 is 5.91 Å². The molecule has 1 aromatic heterocycles. The van der Waals surface area contributed by atoms with E-state index in [1.54, 1.807) is 24.4 Å². The van der Waals surface area contributed by atoms with Crippen molar-refractivity contribution in [1.82, 2.24) is 9.88 Å². The normalized spacial score (nSPS) is 10.3. The van der Waals surface area contributed by atoms with Crippen LogP contribution in [-0.4, -0.2) is 22.3 Å². The van der Waals surface area contributed by atoms with Gasteiger partial charge in [-0.2, -0.15) is 0 Å². The van der Waals surface area contributed by atoms with Crippen LogP contribution < -0.4 is 4.74 Å². The molecule has 0 unspecified atom stereocenters. The molecular weight excluding hydrogens is 312 g/mol. The minimum Gasteiger partial charge on any atom is -0.439 e. The van der Waals surface area contributed by atoms with Crippen LogP contribution in [0.1, 0.15) is 22.8 Å². The Hall–Kier alpha value is -3.14. The highest BCUT2D eigenvalue weighted by Crippen LogP contribution is 2.21. The van der Waals surface area contributed by atoms with Crippen LogP contribution in [0, 0.1) is 0 Å². The van der Waals surface area contributed by atoms with Gasteiger partial charge in [-0.05, 0) is 36.8 Å². The number of nitrogens with zero attached hydrogens (tertiary/aromatic N) is 2. The first-order valence-electron chi connectivity index (χ1n) is 8.28. The Labute approximate surface area is 147 Å². The number of hydrogen-bond donors (Lipinski definition) is 0. The molecular formula is C21H20N2O2. The first-order chi connectivity index (χ1) is 12.3. The zero-order valence-electron chi connectivity index (χ0n) is 14.1. The number of pyridine rings is 1. The zero-order valence-corrected chi connectivity index (χ0v) is 14.1. The molecule has 0 bridgehead atoms. The third kappa shape index (κ3) is 4.44. The first-order valence-corrected chi connectivity index (χ1v) is 8.28. The quantitative estimate of drug-likeness (QED) is 0.666. The second kappa shape index (κ2) is 8.11. The predicted octanol–water partition coefficient (Wildman–Crippen LogP) is 4.54. The molecule has 0 aliphatic heterocycles. The van der Waals surface area contributed by atoms with Gasteiger partial charge in [0.25, 0.3) is 5.91 Å². The van der Waals surface area contributed by atoms with Gasteiger partial charge in [0.2, 0.25) is 5.88 Å². The van der Waals surface area contributed by atoms with Gasteiger partial charge >= 0.3 is 0 Å². The summed E-state index contributed by atoms with van der Waals surface area (Å²) in [5.41, 5.74) is 1.71. The average Bonchev–Trinajstić information content (AvgIpc) is 2.67. The molecule has 0 saturated carbocycles. The number of carbonyl (C=O) groups is 1. The Bertz CT molecular complexity index is 820. The van der Waals surface area contributed by atoms with Crippen LogP contribution in [0.5, 0.6) is 11.6 Å². The molecule has 0 atom stereocenters. The molecule has 25 heavy (non-hydrogen) atoms. The van der Waals surface area contributed by atoms with E-state index in [1.807, 2.05) is 66.4 Å². The van der Waals surface area contributed by atoms with E-state index < -0.39 is 0 Å². The van der Waals surface area contributed by atoms with E-state index in [9.17, 15) is 4.79 Å². The number of aromatic nitrogens is 1. The summed E-state index contributed by atoms with van der Waals surface area (Å²) in [6.45, 7) is 3.20. The zero-order chi connectivity index (χ0) is 17.5. The number of benzene rings is 2. The van der Waals surface area contributed by atoms with Crippen molar-refractivity contribution in [2.45, 2.75) is 13.5 Å². The van der Waals surface area contributed by atoms with Gasteiger partial charge in [0.1, 0.15) is 5.75 Å². The summed E-state index contributed by atoms with van der Waals surface area (Å²) in [6, 6.07) is 22.7. The molecule has 0 N–H and O–H groups in total. The van der Waals surface area contributed by atoms with Crippen molar-refractivity contribution in [1.29, 1.82) is 0 Å². The minimum atomic E-state index is -0.0159. The maximum Gasteiger partial charge on any atom is 0.254 e. The molecule has 126 valence electrons. The summed E-state index contributed by atoms with van der Waals surface area (Å²) in [5, 5.41) is 0. The lowest BCUT2D eigenvalue weighted by molar-refractivity contribution is 0.0752. The summed E-state index contributed by atoms with van der Waals surface area (Å²) in [5.74, 6) is 1.09. The van der Waals surface area contributed by atoms with Crippen LogP contribution in [-0.2, 0) is 6.54 Å². The Morgan fingerprint density at radius 1 is 1.00 bits per heavy atom. The number of rotatable bonds is 6. The van der Waals surface area contributed by atoms with Crippen molar-refractivity contribution in [2.24, 2.45) is 0 Å². The largest absolute Gasteiger partial charge is 0.439 e. The number of amides is 1. The SMILES string of the molecule is CCN(Cc1ccccc1)C(=O)c1cccc(Oc2ccccn2)c1. The second-order valence-corrected chi connectivity index (χ2v) is 5.60. The van der Waals surface area contributed by atoms with Crippen LogP contribution in [0.25, 0.3) is 0 Å². The monoisotopic (exact) mass is 332 g/mol. The fourth-order valence-corrected chi connectivity index (χ4v) is 2.53. The standard InChI is InChI=1S/C21H20N2O2/c1-2-23(16-17-9-4-3-5-10-17)21(24)18-11-8-12-19(15-18)25-20-13-6-7-14-22-20/h3-15H,2,16H2,1H3. The molecule has 4 heteroatoms. The molecule has 0 spiro atoms. The Morgan fingerprint density at radius 3 is 2.52 bits per heavy atom. The van der Waals surface area contributed by atoms with Gasteiger partial charge < -0.3 is 9.64 Å². The highest BCUT2D eigenvalue weighted by Gasteiger charge is 2.15. The van der Waals surface area contributed by atoms with Crippen LogP contribution in [0.2, 0.25) is 0 Å². The number of carbonyl (C=O) groups excluding carboxylic acids is 1. The molecule has 3 rings (SSSR count). The van der Waals surface area contributed by atoms with E-state index >= 15 is 0 Å². The van der Waals surface area contributed by atoms with Crippen molar-refractivity contribution in [2.75, 3.05) is 6.54 Å². The molecule has 0 radical (unpaired) electrons. The topological polar surface area (TPSA) is 42.4 Å². The lowest BCUT2D eigenvalue weighted by Crippen LogP contribution is -2.30. The molecule has 0 fully saturated rings. The summed E-state index contributed by atoms with van der Waals surface area (Å²) in [6.07, 6.45) is 1.67. The average molecular weight is 332 g/mol. The van der Waals surface area contributed by atoms with Gasteiger partial charge in [-0.15, -0.1) is 0 Å². The van der Waals surface area contributed by atoms with E-state index in [2.05, 4.69) is 4.98 Å². The highest BCUT2D eigenvalue weighted by molar-refractivity contribution is 5.94. The van der Waals surface area contributed by atoms with Crippen molar-refractivity contribution in [3.8, 4) is 11.6 Å². The fraction of sp³-hybridized carbons (Fsp3) is 0.143. The molecule has 2 aromatic carbocycles. The van der Waals surface area contributed by atoms with Crippen molar-refractivity contribution in [3.63, 3.8) is 0 Å². The van der Waals surface area contributed by atoms with Gasteiger partial charge in [0.15, 0.2) is 0 Å². The van der Waals surface area contributed by atoms with Crippen LogP contribution in [0.4, 0.5) is 0 Å². The number of hydrogen-bond acceptors (Lipinski definition) is 3. The number of ether oxygens (including phenoxy) is 1. The van der Waals surface area contributed by atoms with Gasteiger partial charge in [-0.1, -0.05) is 42.5 Å². The Morgan fingerprint density at radius 2 is 1.80 bits per heavy atom. The second-order valence-electron chi connectivity index (χ2n) is 5.60. The Balaban J connectivity index is 1.75. The summed E-state index contributed by atoms with van der Waals surface area (Å²) >= 11 is 0.